The van der Waals surface area contributed by atoms with Crippen molar-refractivity contribution in [3.63, 3.8) is 0 Å². The molecule has 6 heteroatoms. The van der Waals surface area contributed by atoms with Crippen molar-refractivity contribution >= 4 is 11.9 Å². The van der Waals surface area contributed by atoms with Crippen LogP contribution in [0.4, 0.5) is 4.79 Å². The Hall–Kier alpha value is -1.92. The number of carbonyl (C=O) groups excluding carboxylic acids is 2. The van der Waals surface area contributed by atoms with Crippen LogP contribution in [0.2, 0.25) is 0 Å². The molecule has 1 unspecified atom stereocenters. The summed E-state index contributed by atoms with van der Waals surface area (Å²) in [5, 5.41) is 15.5. The minimum atomic E-state index is -1.00. The Labute approximate surface area is 159 Å². The molecule has 1 aliphatic heterocycles. The van der Waals surface area contributed by atoms with E-state index in [2.05, 4.69) is 28.8 Å². The maximum absolute atomic E-state index is 13.1. The first-order valence-electron chi connectivity index (χ1n) is 10.0. The molecule has 1 heterocycles. The Kier molecular flexibility index (Phi) is 4.72. The number of aliphatic hydroxyl groups is 1. The van der Waals surface area contributed by atoms with Gasteiger partial charge in [0.25, 0.3) is 5.91 Å². The van der Waals surface area contributed by atoms with Gasteiger partial charge in [0.15, 0.2) is 5.54 Å². The van der Waals surface area contributed by atoms with E-state index in [1.165, 1.54) is 0 Å². The summed E-state index contributed by atoms with van der Waals surface area (Å²) in [4.78, 5) is 25.2. The van der Waals surface area contributed by atoms with Gasteiger partial charge < -0.3 is 15.2 Å². The predicted molar refractivity (Wildman–Crippen MR) is 100 cm³/mol. The van der Waals surface area contributed by atoms with E-state index in [4.69, 9.17) is 4.74 Å². The maximum atomic E-state index is 13.1. The third-order valence-corrected chi connectivity index (χ3v) is 6.64. The van der Waals surface area contributed by atoms with Crippen LogP contribution in [-0.2, 0) is 27.9 Å². The third-order valence-electron chi connectivity index (χ3n) is 6.64. The molecule has 4 rings (SSSR count). The second-order valence-corrected chi connectivity index (χ2v) is 8.14. The third kappa shape index (κ3) is 2.86. The summed E-state index contributed by atoms with van der Waals surface area (Å²) >= 11 is 0. The van der Waals surface area contributed by atoms with Gasteiger partial charge in [-0.1, -0.05) is 18.2 Å². The fraction of sp³-hybridized carbons (Fsp3) is 0.619. The van der Waals surface area contributed by atoms with E-state index in [-0.39, 0.29) is 17.4 Å². The van der Waals surface area contributed by atoms with E-state index in [9.17, 15) is 14.7 Å². The average molecular weight is 372 g/mol. The highest BCUT2D eigenvalue weighted by Gasteiger charge is 2.65. The van der Waals surface area contributed by atoms with Crippen molar-refractivity contribution in [3.05, 3.63) is 34.9 Å². The largest absolute Gasteiger partial charge is 0.393 e. The van der Waals surface area contributed by atoms with Gasteiger partial charge in [0.1, 0.15) is 0 Å². The number of benzene rings is 1. The van der Waals surface area contributed by atoms with Crippen LogP contribution in [-0.4, -0.2) is 36.4 Å². The van der Waals surface area contributed by atoms with Crippen molar-refractivity contribution in [1.82, 2.24) is 10.6 Å². The monoisotopic (exact) mass is 372 g/mol. The van der Waals surface area contributed by atoms with Crippen LogP contribution < -0.4 is 10.6 Å². The number of aliphatic hydroxyl groups excluding tert-OH is 1. The van der Waals surface area contributed by atoms with E-state index in [1.807, 2.05) is 6.92 Å². The highest BCUT2D eigenvalue weighted by atomic mass is 16.5. The summed E-state index contributed by atoms with van der Waals surface area (Å²) in [5.74, 6) is -0.242. The number of carbonyl (C=O) groups is 2. The lowest BCUT2D eigenvalue weighted by molar-refractivity contribution is -0.131. The fourth-order valence-corrected chi connectivity index (χ4v) is 5.31. The number of nitrogens with one attached hydrogen (secondary N) is 2. The van der Waals surface area contributed by atoms with Gasteiger partial charge in [0, 0.05) is 18.6 Å². The minimum absolute atomic E-state index is 0.242. The fourth-order valence-electron chi connectivity index (χ4n) is 5.31. The lowest BCUT2D eigenvalue weighted by Crippen LogP contribution is -2.56. The van der Waals surface area contributed by atoms with Crippen molar-refractivity contribution in [2.45, 2.75) is 63.5 Å². The van der Waals surface area contributed by atoms with Crippen LogP contribution in [0.1, 0.15) is 55.7 Å². The average Bonchev–Trinajstić information content (AvgIpc) is 3.10. The lowest BCUT2D eigenvalue weighted by Gasteiger charge is -2.45. The van der Waals surface area contributed by atoms with Crippen LogP contribution in [0, 0.1) is 5.41 Å². The number of fused-ring (bicyclic) bond motifs is 3. The first kappa shape index (κ1) is 18.4. The maximum Gasteiger partial charge on any atom is 0.322 e. The van der Waals surface area contributed by atoms with Gasteiger partial charge in [0.2, 0.25) is 0 Å². The Bertz CT molecular complexity index is 755. The molecule has 27 heavy (non-hydrogen) atoms. The van der Waals surface area contributed by atoms with Crippen molar-refractivity contribution in [2.75, 3.05) is 13.2 Å². The molecule has 2 aliphatic carbocycles. The van der Waals surface area contributed by atoms with Gasteiger partial charge in [0.05, 0.1) is 6.10 Å². The number of imide groups is 1. The number of ether oxygens (including phenoxy) is 1. The number of amides is 3. The van der Waals surface area contributed by atoms with Crippen LogP contribution in [0.25, 0.3) is 0 Å². The molecule has 2 fully saturated rings. The summed E-state index contributed by atoms with van der Waals surface area (Å²) in [6, 6.07) is 5.93. The normalized spacial score (nSPS) is 32.0. The molecular weight excluding hydrogens is 344 g/mol. The molecule has 1 saturated heterocycles. The van der Waals surface area contributed by atoms with E-state index < -0.39 is 11.6 Å². The van der Waals surface area contributed by atoms with Gasteiger partial charge in [-0.05, 0) is 68.6 Å². The molecule has 1 aromatic rings. The molecule has 0 bridgehead atoms. The summed E-state index contributed by atoms with van der Waals surface area (Å²) < 4.78 is 5.43. The quantitative estimate of drug-likeness (QED) is 0.546. The summed E-state index contributed by atoms with van der Waals surface area (Å²) in [6.45, 7) is 3.42. The van der Waals surface area contributed by atoms with E-state index >= 15 is 0 Å². The van der Waals surface area contributed by atoms with Gasteiger partial charge in [-0.25, -0.2) is 4.79 Å². The van der Waals surface area contributed by atoms with Gasteiger partial charge >= 0.3 is 6.03 Å². The molecule has 3 amide bonds. The van der Waals surface area contributed by atoms with Gasteiger partial charge in [-0.2, -0.15) is 0 Å². The number of rotatable bonds is 5. The SMILES string of the molecule is CCOCCCc1ccc2c(c1)C1(NC(=O)NC1=O)C1(CCC(O)CC1)C2. The Balaban J connectivity index is 1.69. The summed E-state index contributed by atoms with van der Waals surface area (Å²) in [7, 11) is 0. The van der Waals surface area contributed by atoms with Crippen LogP contribution >= 0.6 is 0 Å². The first-order valence-corrected chi connectivity index (χ1v) is 10.0. The van der Waals surface area contributed by atoms with E-state index in [1.54, 1.807) is 0 Å². The second kappa shape index (κ2) is 6.91. The van der Waals surface area contributed by atoms with Crippen LogP contribution in [0.15, 0.2) is 18.2 Å². The smallest absolute Gasteiger partial charge is 0.322 e. The van der Waals surface area contributed by atoms with Crippen LogP contribution in [0.5, 0.6) is 0 Å². The molecule has 3 aliphatic rings. The molecule has 0 aromatic heterocycles. The van der Waals surface area contributed by atoms with Gasteiger partial charge in [-0.3, -0.25) is 10.1 Å². The number of hydrogen-bond acceptors (Lipinski definition) is 4. The molecule has 1 atom stereocenters. The molecule has 3 N–H and O–H groups in total. The number of hydrogen-bond donors (Lipinski definition) is 3. The Morgan fingerprint density at radius 3 is 2.70 bits per heavy atom. The molecule has 6 nitrogen and oxygen atoms in total. The Morgan fingerprint density at radius 1 is 1.26 bits per heavy atom. The number of aryl methyl sites for hydroxylation is 1. The standard InChI is InChI=1S/C21H28N2O4/c1-2-27-11-3-4-14-5-6-15-13-20(9-7-16(24)8-10-20)21(17(15)12-14)18(25)22-19(26)23-21/h5-6,12,16,24H,2-4,7-11,13H2,1H3,(H2,22,23,25,26). The van der Waals surface area contributed by atoms with Crippen molar-refractivity contribution in [3.8, 4) is 0 Å². The van der Waals surface area contributed by atoms with Crippen LogP contribution in [0.3, 0.4) is 0 Å². The minimum Gasteiger partial charge on any atom is -0.393 e. The molecule has 0 radical (unpaired) electrons. The highest BCUT2D eigenvalue weighted by Crippen LogP contribution is 2.58. The molecule has 1 aromatic carbocycles. The zero-order valence-corrected chi connectivity index (χ0v) is 15.8. The van der Waals surface area contributed by atoms with Crippen molar-refractivity contribution in [1.29, 1.82) is 0 Å². The highest BCUT2D eigenvalue weighted by molar-refractivity contribution is 6.08. The van der Waals surface area contributed by atoms with Crippen molar-refractivity contribution in [2.24, 2.45) is 5.41 Å². The molecular formula is C21H28N2O4. The van der Waals surface area contributed by atoms with Crippen molar-refractivity contribution < 1.29 is 19.4 Å². The van der Waals surface area contributed by atoms with E-state index in [0.29, 0.717) is 19.4 Å². The molecule has 1 saturated carbocycles. The molecule has 2 spiro atoms. The van der Waals surface area contributed by atoms with E-state index in [0.717, 1.165) is 55.4 Å². The lowest BCUT2D eigenvalue weighted by atomic mass is 9.61. The predicted octanol–water partition coefficient (Wildman–Crippen LogP) is 2.17. The first-order chi connectivity index (χ1) is 13.0. The zero-order valence-electron chi connectivity index (χ0n) is 15.8. The Morgan fingerprint density at radius 2 is 2.04 bits per heavy atom. The van der Waals surface area contributed by atoms with Gasteiger partial charge in [-0.15, -0.1) is 0 Å². The zero-order chi connectivity index (χ0) is 19.1. The number of urea groups is 1. The summed E-state index contributed by atoms with van der Waals surface area (Å²) in [5.41, 5.74) is 1.88. The second-order valence-electron chi connectivity index (χ2n) is 8.14. The summed E-state index contributed by atoms with van der Waals surface area (Å²) in [6.07, 6.45) is 5.06. The molecule has 146 valence electrons. The topological polar surface area (TPSA) is 87.7 Å².